The maximum absolute atomic E-state index is 12.2. The SMILES string of the molecule is COC(=O)c1ccc(C(F)(F)F)c(N)n1. The van der Waals surface area contributed by atoms with Crippen molar-refractivity contribution in [3.05, 3.63) is 23.4 Å². The van der Waals surface area contributed by atoms with Crippen molar-refractivity contribution in [2.24, 2.45) is 0 Å². The molecule has 1 rings (SSSR count). The van der Waals surface area contributed by atoms with E-state index in [1.54, 1.807) is 0 Å². The third-order valence-electron chi connectivity index (χ3n) is 1.62. The molecule has 0 aliphatic heterocycles. The molecule has 0 bridgehead atoms. The molecular formula is C8H7F3N2O2. The van der Waals surface area contributed by atoms with Crippen molar-refractivity contribution in [1.82, 2.24) is 4.98 Å². The molecule has 2 N–H and O–H groups in total. The standard InChI is InChI=1S/C8H7F3N2O2/c1-15-7(14)5-3-2-4(6(12)13-5)8(9,10)11/h2-3H,1H3,(H2,12,13). The summed E-state index contributed by atoms with van der Waals surface area (Å²) in [6, 6.07) is 1.60. The number of halogens is 3. The summed E-state index contributed by atoms with van der Waals surface area (Å²) in [5.41, 5.74) is 3.73. The van der Waals surface area contributed by atoms with Crippen LogP contribution in [0.3, 0.4) is 0 Å². The average Bonchev–Trinajstić information content (AvgIpc) is 2.14. The number of methoxy groups -OCH3 is 1. The number of ether oxygens (including phenoxy) is 1. The van der Waals surface area contributed by atoms with Gasteiger partial charge in [0, 0.05) is 0 Å². The molecule has 0 amide bonds. The van der Waals surface area contributed by atoms with Crippen molar-refractivity contribution in [2.45, 2.75) is 6.18 Å². The molecule has 0 unspecified atom stereocenters. The Kier molecular flexibility index (Phi) is 2.83. The largest absolute Gasteiger partial charge is 0.464 e. The summed E-state index contributed by atoms with van der Waals surface area (Å²) in [4.78, 5) is 14.2. The van der Waals surface area contributed by atoms with Gasteiger partial charge in [-0.25, -0.2) is 9.78 Å². The third-order valence-corrected chi connectivity index (χ3v) is 1.62. The van der Waals surface area contributed by atoms with E-state index in [4.69, 9.17) is 5.73 Å². The predicted octanol–water partition coefficient (Wildman–Crippen LogP) is 1.47. The second-order valence-electron chi connectivity index (χ2n) is 2.62. The lowest BCUT2D eigenvalue weighted by Crippen LogP contribution is -2.13. The van der Waals surface area contributed by atoms with Crippen molar-refractivity contribution in [2.75, 3.05) is 12.8 Å². The predicted molar refractivity (Wildman–Crippen MR) is 45.0 cm³/mol. The van der Waals surface area contributed by atoms with Crippen molar-refractivity contribution in [1.29, 1.82) is 0 Å². The van der Waals surface area contributed by atoms with E-state index in [1.807, 2.05) is 0 Å². The summed E-state index contributed by atoms with van der Waals surface area (Å²) in [6.45, 7) is 0. The molecule has 0 aliphatic carbocycles. The van der Waals surface area contributed by atoms with Crippen molar-refractivity contribution in [3.8, 4) is 0 Å². The van der Waals surface area contributed by atoms with Gasteiger partial charge < -0.3 is 10.5 Å². The van der Waals surface area contributed by atoms with Gasteiger partial charge in [0.1, 0.15) is 5.82 Å². The molecule has 0 saturated carbocycles. The van der Waals surface area contributed by atoms with Crippen LogP contribution in [-0.4, -0.2) is 18.1 Å². The van der Waals surface area contributed by atoms with Crippen molar-refractivity contribution >= 4 is 11.8 Å². The Labute approximate surface area is 82.9 Å². The van der Waals surface area contributed by atoms with Crippen LogP contribution < -0.4 is 5.73 Å². The molecule has 0 fully saturated rings. The van der Waals surface area contributed by atoms with E-state index >= 15 is 0 Å². The van der Waals surface area contributed by atoms with Gasteiger partial charge in [-0.1, -0.05) is 0 Å². The number of carbonyl (C=O) groups is 1. The zero-order valence-corrected chi connectivity index (χ0v) is 7.63. The summed E-state index contributed by atoms with van der Waals surface area (Å²) in [5, 5.41) is 0. The number of nitrogens with two attached hydrogens (primary N) is 1. The Morgan fingerprint density at radius 3 is 2.47 bits per heavy atom. The highest BCUT2D eigenvalue weighted by atomic mass is 19.4. The number of pyridine rings is 1. The summed E-state index contributed by atoms with van der Waals surface area (Å²) < 4.78 is 41.0. The van der Waals surface area contributed by atoms with E-state index in [-0.39, 0.29) is 5.69 Å². The van der Waals surface area contributed by atoms with Crippen molar-refractivity contribution < 1.29 is 22.7 Å². The van der Waals surface area contributed by atoms with E-state index in [9.17, 15) is 18.0 Å². The first kappa shape index (κ1) is 11.3. The van der Waals surface area contributed by atoms with E-state index in [1.165, 1.54) is 0 Å². The minimum atomic E-state index is -4.58. The maximum atomic E-state index is 12.2. The second kappa shape index (κ2) is 3.76. The molecule has 0 saturated heterocycles. The van der Waals surface area contributed by atoms with Gasteiger partial charge in [-0.05, 0) is 12.1 Å². The lowest BCUT2D eigenvalue weighted by molar-refractivity contribution is -0.137. The quantitative estimate of drug-likeness (QED) is 0.728. The number of rotatable bonds is 1. The summed E-state index contributed by atoms with van der Waals surface area (Å²) >= 11 is 0. The van der Waals surface area contributed by atoms with Crippen LogP contribution >= 0.6 is 0 Å². The molecule has 1 aromatic heterocycles. The van der Waals surface area contributed by atoms with Gasteiger partial charge in [0.05, 0.1) is 12.7 Å². The van der Waals surface area contributed by atoms with Gasteiger partial charge in [0.2, 0.25) is 0 Å². The van der Waals surface area contributed by atoms with E-state index < -0.39 is 23.5 Å². The lowest BCUT2D eigenvalue weighted by atomic mass is 10.2. The van der Waals surface area contributed by atoms with Crippen LogP contribution in [0.1, 0.15) is 16.1 Å². The average molecular weight is 220 g/mol. The fourth-order valence-corrected chi connectivity index (χ4v) is 0.933. The highest BCUT2D eigenvalue weighted by Crippen LogP contribution is 2.32. The molecule has 0 radical (unpaired) electrons. The number of hydrogen-bond acceptors (Lipinski definition) is 4. The molecular weight excluding hydrogens is 213 g/mol. The molecule has 0 spiro atoms. The molecule has 82 valence electrons. The number of anilines is 1. The summed E-state index contributed by atoms with van der Waals surface area (Å²) in [5.74, 6) is -1.58. The van der Waals surface area contributed by atoms with Gasteiger partial charge in [0.25, 0.3) is 0 Å². The van der Waals surface area contributed by atoms with Crippen LogP contribution in [0.2, 0.25) is 0 Å². The number of hydrogen-bond donors (Lipinski definition) is 1. The first-order valence-corrected chi connectivity index (χ1v) is 3.78. The fourth-order valence-electron chi connectivity index (χ4n) is 0.933. The minimum Gasteiger partial charge on any atom is -0.464 e. The van der Waals surface area contributed by atoms with Crippen LogP contribution in [0.15, 0.2) is 12.1 Å². The van der Waals surface area contributed by atoms with Gasteiger partial charge in [0.15, 0.2) is 5.69 Å². The van der Waals surface area contributed by atoms with E-state index in [0.717, 1.165) is 13.2 Å². The topological polar surface area (TPSA) is 65.2 Å². The van der Waals surface area contributed by atoms with Crippen LogP contribution in [0.5, 0.6) is 0 Å². The molecule has 1 heterocycles. The number of nitrogen functional groups attached to an aromatic ring is 1. The summed E-state index contributed by atoms with van der Waals surface area (Å²) in [6.07, 6.45) is -4.58. The molecule has 0 atom stereocenters. The minimum absolute atomic E-state index is 0.261. The van der Waals surface area contributed by atoms with Gasteiger partial charge >= 0.3 is 12.1 Å². The van der Waals surface area contributed by atoms with Crippen LogP contribution in [0.25, 0.3) is 0 Å². The Hall–Kier alpha value is -1.79. The lowest BCUT2D eigenvalue weighted by Gasteiger charge is -2.09. The van der Waals surface area contributed by atoms with Gasteiger partial charge in [-0.15, -0.1) is 0 Å². The normalized spacial score (nSPS) is 11.2. The zero-order valence-electron chi connectivity index (χ0n) is 7.63. The molecule has 4 nitrogen and oxygen atoms in total. The Bertz CT molecular complexity index is 390. The van der Waals surface area contributed by atoms with Gasteiger partial charge in [-0.3, -0.25) is 0 Å². The molecule has 1 aromatic rings. The maximum Gasteiger partial charge on any atom is 0.419 e. The highest BCUT2D eigenvalue weighted by molar-refractivity contribution is 5.87. The monoisotopic (exact) mass is 220 g/mol. The molecule has 15 heavy (non-hydrogen) atoms. The zero-order chi connectivity index (χ0) is 11.6. The van der Waals surface area contributed by atoms with Crippen LogP contribution in [0.4, 0.5) is 19.0 Å². The number of carbonyl (C=O) groups excluding carboxylic acids is 1. The molecule has 0 aliphatic rings. The smallest absolute Gasteiger partial charge is 0.419 e. The van der Waals surface area contributed by atoms with Crippen molar-refractivity contribution in [3.63, 3.8) is 0 Å². The number of alkyl halides is 3. The second-order valence-corrected chi connectivity index (χ2v) is 2.62. The van der Waals surface area contributed by atoms with Crippen LogP contribution in [-0.2, 0) is 10.9 Å². The fraction of sp³-hybridized carbons (Fsp3) is 0.250. The van der Waals surface area contributed by atoms with Crippen LogP contribution in [0, 0.1) is 0 Å². The third kappa shape index (κ3) is 2.36. The number of aromatic nitrogens is 1. The summed E-state index contributed by atoms with van der Waals surface area (Å²) in [7, 11) is 1.10. The molecule has 7 heteroatoms. The number of esters is 1. The first-order valence-electron chi connectivity index (χ1n) is 3.78. The Morgan fingerprint density at radius 2 is 2.07 bits per heavy atom. The first-order chi connectivity index (χ1) is 6.86. The van der Waals surface area contributed by atoms with Gasteiger partial charge in [-0.2, -0.15) is 13.2 Å². The Morgan fingerprint density at radius 1 is 1.47 bits per heavy atom. The highest BCUT2D eigenvalue weighted by Gasteiger charge is 2.34. The van der Waals surface area contributed by atoms with E-state index in [0.29, 0.717) is 6.07 Å². The Balaban J connectivity index is 3.15. The van der Waals surface area contributed by atoms with E-state index in [2.05, 4.69) is 9.72 Å². The molecule has 0 aromatic carbocycles. The number of nitrogens with zero attached hydrogens (tertiary/aromatic N) is 1.